The van der Waals surface area contributed by atoms with E-state index in [4.69, 9.17) is 11.6 Å². The number of halogens is 1. The number of anilines is 2. The average Bonchev–Trinajstić information content (AvgIpc) is 2.96. The maximum absolute atomic E-state index is 12.6. The number of hydrogen-bond acceptors (Lipinski definition) is 2. The van der Waals surface area contributed by atoms with Crippen molar-refractivity contribution in [2.24, 2.45) is 5.92 Å². The first-order valence-corrected chi connectivity index (χ1v) is 9.09. The zero-order valence-corrected chi connectivity index (χ0v) is 16.0. The van der Waals surface area contributed by atoms with Crippen molar-refractivity contribution in [3.05, 3.63) is 59.1 Å². The molecular weight excluding hydrogens is 348 g/mol. The third-order valence-electron chi connectivity index (χ3n) is 4.63. The van der Waals surface area contributed by atoms with Gasteiger partial charge in [-0.15, -0.1) is 0 Å². The van der Waals surface area contributed by atoms with Crippen LogP contribution in [0, 0.1) is 5.92 Å². The Bertz CT molecular complexity index is 825. The molecule has 1 atom stereocenters. The summed E-state index contributed by atoms with van der Waals surface area (Å²) < 4.78 is 0. The van der Waals surface area contributed by atoms with E-state index in [1.165, 1.54) is 5.56 Å². The summed E-state index contributed by atoms with van der Waals surface area (Å²) in [4.78, 5) is 26.5. The van der Waals surface area contributed by atoms with Gasteiger partial charge in [0.05, 0.1) is 5.92 Å². The lowest BCUT2D eigenvalue weighted by Gasteiger charge is -2.19. The minimum atomic E-state index is -0.372. The summed E-state index contributed by atoms with van der Waals surface area (Å²) >= 11 is 6.00. The van der Waals surface area contributed by atoms with Gasteiger partial charge in [-0.2, -0.15) is 0 Å². The molecule has 1 aliphatic heterocycles. The van der Waals surface area contributed by atoms with E-state index in [1.807, 2.05) is 30.3 Å². The highest BCUT2D eigenvalue weighted by atomic mass is 35.5. The van der Waals surface area contributed by atoms with Crippen LogP contribution in [0.2, 0.25) is 5.02 Å². The van der Waals surface area contributed by atoms with Crippen LogP contribution in [0.15, 0.2) is 48.5 Å². The van der Waals surface area contributed by atoms with E-state index >= 15 is 0 Å². The van der Waals surface area contributed by atoms with Crippen molar-refractivity contribution in [3.63, 3.8) is 0 Å². The summed E-state index contributed by atoms with van der Waals surface area (Å²) in [5.74, 6) is -0.564. The molecule has 2 amide bonds. The Balaban J connectivity index is 1.67. The van der Waals surface area contributed by atoms with E-state index in [2.05, 4.69) is 26.1 Å². The van der Waals surface area contributed by atoms with Gasteiger partial charge in [0.25, 0.3) is 0 Å². The van der Waals surface area contributed by atoms with E-state index in [-0.39, 0.29) is 29.6 Å². The lowest BCUT2D eigenvalue weighted by Crippen LogP contribution is -2.28. The highest BCUT2D eigenvalue weighted by Crippen LogP contribution is 2.28. The monoisotopic (exact) mass is 370 g/mol. The number of nitrogens with zero attached hydrogens (tertiary/aromatic N) is 1. The van der Waals surface area contributed by atoms with Gasteiger partial charge >= 0.3 is 0 Å². The highest BCUT2D eigenvalue weighted by molar-refractivity contribution is 6.31. The fraction of sp³-hybridized carbons (Fsp3) is 0.333. The summed E-state index contributed by atoms with van der Waals surface area (Å²) in [6.07, 6.45) is 0.207. The average molecular weight is 371 g/mol. The van der Waals surface area contributed by atoms with Crippen LogP contribution in [-0.4, -0.2) is 18.4 Å². The van der Waals surface area contributed by atoms with Crippen molar-refractivity contribution in [3.8, 4) is 0 Å². The number of amides is 2. The molecule has 1 N–H and O–H groups in total. The second kappa shape index (κ2) is 7.12. The zero-order chi connectivity index (χ0) is 18.9. The molecule has 0 aliphatic carbocycles. The molecule has 1 fully saturated rings. The zero-order valence-electron chi connectivity index (χ0n) is 15.3. The molecular formula is C21H23ClN2O2. The molecule has 2 aromatic rings. The Kier molecular flexibility index (Phi) is 5.05. The molecule has 0 spiro atoms. The molecule has 1 heterocycles. The van der Waals surface area contributed by atoms with Gasteiger partial charge in [0.1, 0.15) is 0 Å². The Hall–Kier alpha value is -2.33. The van der Waals surface area contributed by atoms with Crippen molar-refractivity contribution in [2.75, 3.05) is 16.8 Å². The maximum Gasteiger partial charge on any atom is 0.229 e. The maximum atomic E-state index is 12.6. The molecule has 0 bridgehead atoms. The SMILES string of the molecule is CC(C)(C)c1ccc(NC(=O)[C@H]2CC(=O)N(c3cccc(Cl)c3)C2)cc1. The topological polar surface area (TPSA) is 49.4 Å². The molecule has 1 saturated heterocycles. The van der Waals surface area contributed by atoms with Gasteiger partial charge in [0, 0.05) is 29.4 Å². The number of rotatable bonds is 3. The van der Waals surface area contributed by atoms with Gasteiger partial charge < -0.3 is 10.2 Å². The lowest BCUT2D eigenvalue weighted by molar-refractivity contribution is -0.122. The van der Waals surface area contributed by atoms with Crippen LogP contribution in [0.1, 0.15) is 32.8 Å². The predicted octanol–water partition coefficient (Wildman–Crippen LogP) is 4.63. The second-order valence-electron chi connectivity index (χ2n) is 7.70. The fourth-order valence-electron chi connectivity index (χ4n) is 3.07. The number of benzene rings is 2. The molecule has 0 saturated carbocycles. The van der Waals surface area contributed by atoms with E-state index in [9.17, 15) is 9.59 Å². The molecule has 0 unspecified atom stereocenters. The molecule has 1 aliphatic rings. The summed E-state index contributed by atoms with van der Waals surface area (Å²) in [5, 5.41) is 3.49. The Morgan fingerprint density at radius 1 is 1.15 bits per heavy atom. The first-order chi connectivity index (χ1) is 12.2. The quantitative estimate of drug-likeness (QED) is 0.856. The molecule has 0 aromatic heterocycles. The van der Waals surface area contributed by atoms with Crippen LogP contribution >= 0.6 is 11.6 Å². The van der Waals surface area contributed by atoms with Gasteiger partial charge in [-0.1, -0.05) is 50.6 Å². The summed E-state index contributed by atoms with van der Waals surface area (Å²) in [6.45, 7) is 6.81. The molecule has 4 nitrogen and oxygen atoms in total. The molecule has 3 rings (SSSR count). The largest absolute Gasteiger partial charge is 0.326 e. The van der Waals surface area contributed by atoms with Crippen LogP contribution in [0.3, 0.4) is 0 Å². The van der Waals surface area contributed by atoms with Crippen molar-refractivity contribution in [2.45, 2.75) is 32.6 Å². The predicted molar refractivity (Wildman–Crippen MR) is 106 cm³/mol. The summed E-state index contributed by atoms with van der Waals surface area (Å²) in [5.41, 5.74) is 2.75. The molecule has 5 heteroatoms. The standard InChI is InChI=1S/C21H23ClN2O2/c1-21(2,3)15-7-9-17(10-8-15)23-20(26)14-11-19(25)24(13-14)18-6-4-5-16(22)12-18/h4-10,12,14H,11,13H2,1-3H3,(H,23,26)/t14-/m0/s1. The number of hydrogen-bond donors (Lipinski definition) is 1. The molecule has 0 radical (unpaired) electrons. The lowest BCUT2D eigenvalue weighted by atomic mass is 9.87. The van der Waals surface area contributed by atoms with Gasteiger partial charge in [0.2, 0.25) is 11.8 Å². The van der Waals surface area contributed by atoms with Crippen LogP contribution in [0.4, 0.5) is 11.4 Å². The Morgan fingerprint density at radius 2 is 1.85 bits per heavy atom. The number of carbonyl (C=O) groups excluding carboxylic acids is 2. The van der Waals surface area contributed by atoms with Gasteiger partial charge in [-0.25, -0.2) is 0 Å². The minimum absolute atomic E-state index is 0.0597. The van der Waals surface area contributed by atoms with Crippen LogP contribution in [-0.2, 0) is 15.0 Å². The first-order valence-electron chi connectivity index (χ1n) is 8.71. The van der Waals surface area contributed by atoms with E-state index in [0.29, 0.717) is 11.6 Å². The molecule has 26 heavy (non-hydrogen) atoms. The van der Waals surface area contributed by atoms with E-state index < -0.39 is 0 Å². The van der Waals surface area contributed by atoms with Gasteiger partial charge in [0.15, 0.2) is 0 Å². The second-order valence-corrected chi connectivity index (χ2v) is 8.14. The molecule has 136 valence electrons. The van der Waals surface area contributed by atoms with Crippen molar-refractivity contribution >= 4 is 34.8 Å². The third kappa shape index (κ3) is 4.07. The van der Waals surface area contributed by atoms with Crippen molar-refractivity contribution in [1.29, 1.82) is 0 Å². The first kappa shape index (κ1) is 18.5. The van der Waals surface area contributed by atoms with Crippen molar-refractivity contribution < 1.29 is 9.59 Å². The fourth-order valence-corrected chi connectivity index (χ4v) is 3.26. The number of nitrogens with one attached hydrogen (secondary N) is 1. The van der Waals surface area contributed by atoms with Gasteiger partial charge in [-0.05, 0) is 41.3 Å². The van der Waals surface area contributed by atoms with Crippen LogP contribution < -0.4 is 10.2 Å². The van der Waals surface area contributed by atoms with E-state index in [1.54, 1.807) is 23.1 Å². The smallest absolute Gasteiger partial charge is 0.229 e. The van der Waals surface area contributed by atoms with Crippen LogP contribution in [0.25, 0.3) is 0 Å². The van der Waals surface area contributed by atoms with Gasteiger partial charge in [-0.3, -0.25) is 9.59 Å². The Morgan fingerprint density at radius 3 is 2.46 bits per heavy atom. The molecule has 2 aromatic carbocycles. The van der Waals surface area contributed by atoms with E-state index in [0.717, 1.165) is 11.4 Å². The van der Waals surface area contributed by atoms with Crippen LogP contribution in [0.5, 0.6) is 0 Å². The highest BCUT2D eigenvalue weighted by Gasteiger charge is 2.35. The van der Waals surface area contributed by atoms with Crippen molar-refractivity contribution in [1.82, 2.24) is 0 Å². The summed E-state index contributed by atoms with van der Waals surface area (Å²) in [6, 6.07) is 15.0. The Labute approximate surface area is 159 Å². The normalized spacial score (nSPS) is 17.5. The minimum Gasteiger partial charge on any atom is -0.326 e. The third-order valence-corrected chi connectivity index (χ3v) is 4.87. The summed E-state index contributed by atoms with van der Waals surface area (Å²) in [7, 11) is 0. The number of carbonyl (C=O) groups is 2.